The zero-order valence-electron chi connectivity index (χ0n) is 11.0. The average molecular weight is 253 g/mol. The van der Waals surface area contributed by atoms with Gasteiger partial charge < -0.3 is 10.4 Å². The number of thioether (sulfide) groups is 1. The van der Waals surface area contributed by atoms with Crippen molar-refractivity contribution in [2.45, 2.75) is 26.3 Å². The van der Waals surface area contributed by atoms with Crippen LogP contribution in [0.15, 0.2) is 18.2 Å². The lowest BCUT2D eigenvalue weighted by atomic mass is 10.0. The molecule has 1 unspecified atom stereocenters. The fourth-order valence-corrected chi connectivity index (χ4v) is 2.91. The van der Waals surface area contributed by atoms with Gasteiger partial charge in [-0.25, -0.2) is 0 Å². The van der Waals surface area contributed by atoms with Gasteiger partial charge in [0.05, 0.1) is 0 Å². The Morgan fingerprint density at radius 3 is 2.76 bits per heavy atom. The molecule has 96 valence electrons. The van der Waals surface area contributed by atoms with Gasteiger partial charge in [0, 0.05) is 18.4 Å². The molecule has 1 rings (SSSR count). The summed E-state index contributed by atoms with van der Waals surface area (Å²) < 4.78 is 0. The number of aliphatic hydroxyl groups excluding tert-OH is 1. The van der Waals surface area contributed by atoms with Gasteiger partial charge in [0.25, 0.3) is 0 Å². The normalized spacial score (nSPS) is 12.7. The van der Waals surface area contributed by atoms with E-state index in [4.69, 9.17) is 5.11 Å². The first kappa shape index (κ1) is 14.6. The summed E-state index contributed by atoms with van der Waals surface area (Å²) in [6.07, 6.45) is 0.883. The average Bonchev–Trinajstić information content (AvgIpc) is 2.33. The molecule has 1 aromatic carbocycles. The molecule has 0 aliphatic heterocycles. The number of hydrogen-bond acceptors (Lipinski definition) is 3. The lowest BCUT2D eigenvalue weighted by Crippen LogP contribution is -2.20. The van der Waals surface area contributed by atoms with Crippen LogP contribution in [0.25, 0.3) is 0 Å². The number of nitrogens with one attached hydrogen (secondary N) is 1. The molecule has 1 aromatic rings. The number of rotatable bonds is 7. The van der Waals surface area contributed by atoms with E-state index in [0.717, 1.165) is 17.9 Å². The molecule has 0 saturated heterocycles. The van der Waals surface area contributed by atoms with Gasteiger partial charge in [0.15, 0.2) is 0 Å². The molecule has 2 N–H and O–H groups in total. The minimum atomic E-state index is 0.292. The van der Waals surface area contributed by atoms with Crippen LogP contribution in [-0.4, -0.2) is 30.3 Å². The predicted octanol–water partition coefficient (Wildman–Crippen LogP) is 2.68. The van der Waals surface area contributed by atoms with Crippen molar-refractivity contribution in [3.8, 4) is 0 Å². The fourth-order valence-electron chi connectivity index (χ4n) is 1.83. The molecule has 2 nitrogen and oxygen atoms in total. The molecule has 0 amide bonds. The van der Waals surface area contributed by atoms with Crippen molar-refractivity contribution in [2.75, 3.05) is 25.2 Å². The number of benzene rings is 1. The van der Waals surface area contributed by atoms with Crippen LogP contribution in [-0.2, 0) is 0 Å². The van der Waals surface area contributed by atoms with Gasteiger partial charge in [-0.15, -0.1) is 0 Å². The van der Waals surface area contributed by atoms with Gasteiger partial charge in [-0.3, -0.25) is 0 Å². The van der Waals surface area contributed by atoms with Gasteiger partial charge in [-0.1, -0.05) is 23.8 Å². The van der Waals surface area contributed by atoms with E-state index in [2.05, 4.69) is 37.4 Å². The molecule has 0 aliphatic carbocycles. The van der Waals surface area contributed by atoms with Crippen LogP contribution in [0, 0.1) is 13.8 Å². The highest BCUT2D eigenvalue weighted by Crippen LogP contribution is 2.22. The second-order valence-corrected chi connectivity index (χ2v) is 5.50. The molecule has 0 bridgehead atoms. The standard InChI is InChI=1S/C14H23NOS/c1-11-5-6-12(2)13(9-11)14(15-3)10-17-8-4-7-16/h5-6,9,14-16H,4,7-8,10H2,1-3H3. The summed E-state index contributed by atoms with van der Waals surface area (Å²) in [6.45, 7) is 4.59. The van der Waals surface area contributed by atoms with Crippen molar-refractivity contribution in [2.24, 2.45) is 0 Å². The van der Waals surface area contributed by atoms with E-state index >= 15 is 0 Å². The van der Waals surface area contributed by atoms with Crippen molar-refractivity contribution in [1.29, 1.82) is 0 Å². The Morgan fingerprint density at radius 2 is 2.12 bits per heavy atom. The van der Waals surface area contributed by atoms with Crippen LogP contribution in [0.5, 0.6) is 0 Å². The van der Waals surface area contributed by atoms with E-state index in [-0.39, 0.29) is 0 Å². The van der Waals surface area contributed by atoms with Gasteiger partial charge in [-0.05, 0) is 44.2 Å². The smallest absolute Gasteiger partial charge is 0.0438 e. The maximum Gasteiger partial charge on any atom is 0.0438 e. The highest BCUT2D eigenvalue weighted by atomic mass is 32.2. The van der Waals surface area contributed by atoms with Gasteiger partial charge >= 0.3 is 0 Å². The summed E-state index contributed by atoms with van der Waals surface area (Å²) in [4.78, 5) is 0. The van der Waals surface area contributed by atoms with E-state index in [9.17, 15) is 0 Å². The maximum atomic E-state index is 8.76. The molecule has 17 heavy (non-hydrogen) atoms. The second kappa shape index (κ2) is 7.75. The van der Waals surface area contributed by atoms with E-state index in [1.165, 1.54) is 16.7 Å². The maximum absolute atomic E-state index is 8.76. The van der Waals surface area contributed by atoms with Crippen LogP contribution in [0.4, 0.5) is 0 Å². The monoisotopic (exact) mass is 253 g/mol. The lowest BCUT2D eigenvalue weighted by Gasteiger charge is -2.19. The first-order valence-corrected chi connectivity index (χ1v) is 7.27. The number of aryl methyl sites for hydroxylation is 2. The minimum absolute atomic E-state index is 0.292. The van der Waals surface area contributed by atoms with E-state index in [1.54, 1.807) is 0 Å². The summed E-state index contributed by atoms with van der Waals surface area (Å²) in [5.41, 5.74) is 4.05. The molecular weight excluding hydrogens is 230 g/mol. The van der Waals surface area contributed by atoms with Crippen molar-refractivity contribution in [3.05, 3.63) is 34.9 Å². The van der Waals surface area contributed by atoms with E-state index in [0.29, 0.717) is 12.6 Å². The Hall–Kier alpha value is -0.510. The summed E-state index contributed by atoms with van der Waals surface area (Å²) in [6, 6.07) is 7.01. The van der Waals surface area contributed by atoms with Crippen LogP contribution < -0.4 is 5.32 Å². The summed E-state index contributed by atoms with van der Waals surface area (Å²) in [5.74, 6) is 2.08. The minimum Gasteiger partial charge on any atom is -0.396 e. The number of aliphatic hydroxyl groups is 1. The third-order valence-corrected chi connectivity index (χ3v) is 4.04. The van der Waals surface area contributed by atoms with Crippen molar-refractivity contribution in [3.63, 3.8) is 0 Å². The highest BCUT2D eigenvalue weighted by molar-refractivity contribution is 7.99. The van der Waals surface area contributed by atoms with Gasteiger partial charge in [0.1, 0.15) is 0 Å². The molecule has 0 heterocycles. The Labute approximate surface area is 109 Å². The lowest BCUT2D eigenvalue weighted by molar-refractivity contribution is 0.296. The van der Waals surface area contributed by atoms with Crippen molar-refractivity contribution in [1.82, 2.24) is 5.32 Å². The van der Waals surface area contributed by atoms with Crippen LogP contribution in [0.3, 0.4) is 0 Å². The van der Waals surface area contributed by atoms with Crippen LogP contribution >= 0.6 is 11.8 Å². The topological polar surface area (TPSA) is 32.3 Å². The fraction of sp³-hybridized carbons (Fsp3) is 0.571. The largest absolute Gasteiger partial charge is 0.396 e. The quantitative estimate of drug-likeness (QED) is 0.733. The van der Waals surface area contributed by atoms with E-state index < -0.39 is 0 Å². The summed E-state index contributed by atoms with van der Waals surface area (Å²) >= 11 is 1.90. The Balaban J connectivity index is 2.62. The molecule has 0 saturated carbocycles. The van der Waals surface area contributed by atoms with Gasteiger partial charge in [0.2, 0.25) is 0 Å². The Bertz CT molecular complexity index is 341. The van der Waals surface area contributed by atoms with Crippen LogP contribution in [0.1, 0.15) is 29.2 Å². The van der Waals surface area contributed by atoms with E-state index in [1.807, 2.05) is 18.8 Å². The molecule has 0 radical (unpaired) electrons. The Morgan fingerprint density at radius 1 is 1.35 bits per heavy atom. The van der Waals surface area contributed by atoms with Crippen molar-refractivity contribution >= 4 is 11.8 Å². The predicted molar refractivity (Wildman–Crippen MR) is 76.7 cm³/mol. The molecular formula is C14H23NOS. The third kappa shape index (κ3) is 4.70. The second-order valence-electron chi connectivity index (χ2n) is 4.35. The Kier molecular flexibility index (Phi) is 6.63. The SMILES string of the molecule is CNC(CSCCCO)c1cc(C)ccc1C. The third-order valence-electron chi connectivity index (χ3n) is 2.89. The summed E-state index contributed by atoms with van der Waals surface area (Å²) in [5, 5.41) is 12.1. The summed E-state index contributed by atoms with van der Waals surface area (Å²) in [7, 11) is 2.01. The van der Waals surface area contributed by atoms with Crippen LogP contribution in [0.2, 0.25) is 0 Å². The molecule has 0 fully saturated rings. The van der Waals surface area contributed by atoms with Crippen molar-refractivity contribution < 1.29 is 5.11 Å². The molecule has 1 atom stereocenters. The van der Waals surface area contributed by atoms with Gasteiger partial charge in [-0.2, -0.15) is 11.8 Å². The molecule has 0 spiro atoms. The first-order valence-electron chi connectivity index (χ1n) is 6.12. The zero-order chi connectivity index (χ0) is 12.7. The molecule has 0 aromatic heterocycles. The molecule has 0 aliphatic rings. The zero-order valence-corrected chi connectivity index (χ0v) is 11.8. The molecule has 3 heteroatoms. The first-order chi connectivity index (χ1) is 8.19. The number of hydrogen-bond donors (Lipinski definition) is 2. The highest BCUT2D eigenvalue weighted by Gasteiger charge is 2.11.